The molecule has 0 aromatic carbocycles. The van der Waals surface area contributed by atoms with E-state index in [-0.39, 0.29) is 5.91 Å². The summed E-state index contributed by atoms with van der Waals surface area (Å²) in [7, 11) is 0. The van der Waals surface area contributed by atoms with Gasteiger partial charge in [0.05, 0.1) is 6.42 Å². The summed E-state index contributed by atoms with van der Waals surface area (Å²) in [6.45, 7) is 1.29. The summed E-state index contributed by atoms with van der Waals surface area (Å²) in [6, 6.07) is 0. The molecular formula is C8H11NO4. The smallest absolute Gasteiger partial charge is 0.372 e. The summed E-state index contributed by atoms with van der Waals surface area (Å²) in [5.41, 5.74) is 0. The van der Waals surface area contributed by atoms with Gasteiger partial charge in [-0.3, -0.25) is 9.59 Å². The van der Waals surface area contributed by atoms with Crippen molar-refractivity contribution < 1.29 is 19.5 Å². The fourth-order valence-corrected chi connectivity index (χ4v) is 1.29. The van der Waals surface area contributed by atoms with Crippen LogP contribution >= 0.6 is 0 Å². The Morgan fingerprint density at radius 2 is 1.69 bits per heavy atom. The van der Waals surface area contributed by atoms with Crippen molar-refractivity contribution in [1.29, 1.82) is 0 Å². The van der Waals surface area contributed by atoms with E-state index in [1.54, 1.807) is 0 Å². The molecule has 13 heavy (non-hydrogen) atoms. The van der Waals surface area contributed by atoms with Crippen LogP contribution < -0.4 is 0 Å². The zero-order chi connectivity index (χ0) is 9.84. The number of Topliss-reactive ketones (excluding diaryl/α,β-unsaturated/α-hetero) is 1. The van der Waals surface area contributed by atoms with Crippen LogP contribution in [0.5, 0.6) is 0 Å². The van der Waals surface area contributed by atoms with Crippen LogP contribution in [0.15, 0.2) is 0 Å². The predicted octanol–water partition coefficient (Wildman–Crippen LogP) is -0.347. The van der Waals surface area contributed by atoms with Gasteiger partial charge in [-0.1, -0.05) is 0 Å². The van der Waals surface area contributed by atoms with Gasteiger partial charge in [-0.15, -0.1) is 0 Å². The SMILES string of the molecule is O=C(O)C(=O)CC(=O)N1CCCC1. The van der Waals surface area contributed by atoms with E-state index < -0.39 is 18.2 Å². The third-order valence-corrected chi connectivity index (χ3v) is 2.01. The first-order valence-corrected chi connectivity index (χ1v) is 4.15. The molecule has 0 aliphatic carbocycles. The monoisotopic (exact) mass is 185 g/mol. The van der Waals surface area contributed by atoms with Gasteiger partial charge in [-0.2, -0.15) is 0 Å². The predicted molar refractivity (Wildman–Crippen MR) is 43.1 cm³/mol. The molecule has 72 valence electrons. The molecule has 0 unspecified atom stereocenters. The van der Waals surface area contributed by atoms with Crippen LogP contribution in [0, 0.1) is 0 Å². The second-order valence-electron chi connectivity index (χ2n) is 2.99. The first-order chi connectivity index (χ1) is 6.11. The number of carboxylic acids is 1. The number of ketones is 1. The summed E-state index contributed by atoms with van der Waals surface area (Å²) in [4.78, 5) is 33.5. The molecule has 1 heterocycles. The van der Waals surface area contributed by atoms with Crippen molar-refractivity contribution in [2.24, 2.45) is 0 Å². The quantitative estimate of drug-likeness (QED) is 0.482. The molecule has 0 bridgehead atoms. The third kappa shape index (κ3) is 2.54. The molecule has 5 heteroatoms. The van der Waals surface area contributed by atoms with Gasteiger partial charge >= 0.3 is 5.97 Å². The van der Waals surface area contributed by atoms with E-state index in [1.807, 2.05) is 0 Å². The molecular weight excluding hydrogens is 174 g/mol. The minimum atomic E-state index is -1.53. The Kier molecular flexibility index (Phi) is 3.00. The number of nitrogens with zero attached hydrogens (tertiary/aromatic N) is 1. The first kappa shape index (κ1) is 9.70. The van der Waals surface area contributed by atoms with Crippen molar-refractivity contribution in [3.8, 4) is 0 Å². The van der Waals surface area contributed by atoms with Gasteiger partial charge in [-0.25, -0.2) is 4.79 Å². The average molecular weight is 185 g/mol. The standard InChI is InChI=1S/C8H11NO4/c10-6(8(12)13)5-7(11)9-3-1-2-4-9/h1-5H2,(H,12,13). The van der Waals surface area contributed by atoms with Gasteiger partial charge in [0.1, 0.15) is 0 Å². The zero-order valence-corrected chi connectivity index (χ0v) is 7.15. The van der Waals surface area contributed by atoms with E-state index >= 15 is 0 Å². The fraction of sp³-hybridized carbons (Fsp3) is 0.625. The van der Waals surface area contributed by atoms with Crippen molar-refractivity contribution in [2.45, 2.75) is 19.3 Å². The van der Waals surface area contributed by atoms with E-state index in [0.717, 1.165) is 12.8 Å². The Morgan fingerprint density at radius 1 is 1.15 bits per heavy atom. The van der Waals surface area contributed by atoms with Crippen LogP contribution in [0.2, 0.25) is 0 Å². The molecule has 0 saturated carbocycles. The number of carboxylic acid groups (broad SMARTS) is 1. The van der Waals surface area contributed by atoms with Crippen LogP contribution in [0.25, 0.3) is 0 Å². The number of rotatable bonds is 3. The molecule has 5 nitrogen and oxygen atoms in total. The van der Waals surface area contributed by atoms with Gasteiger partial charge in [-0.05, 0) is 12.8 Å². The van der Waals surface area contributed by atoms with E-state index in [0.29, 0.717) is 13.1 Å². The number of aliphatic carboxylic acids is 1. The fourth-order valence-electron chi connectivity index (χ4n) is 1.29. The largest absolute Gasteiger partial charge is 0.475 e. The lowest BCUT2D eigenvalue weighted by Crippen LogP contribution is -2.31. The molecule has 0 spiro atoms. The highest BCUT2D eigenvalue weighted by atomic mass is 16.4. The summed E-state index contributed by atoms with van der Waals surface area (Å²) >= 11 is 0. The molecule has 1 aliphatic rings. The molecule has 1 aliphatic heterocycles. The van der Waals surface area contributed by atoms with Gasteiger partial charge in [0.15, 0.2) is 0 Å². The maximum Gasteiger partial charge on any atom is 0.372 e. The lowest BCUT2D eigenvalue weighted by Gasteiger charge is -2.13. The second-order valence-corrected chi connectivity index (χ2v) is 2.99. The Labute approximate surface area is 75.3 Å². The zero-order valence-electron chi connectivity index (χ0n) is 7.15. The molecule has 0 atom stereocenters. The summed E-state index contributed by atoms with van der Waals surface area (Å²) in [5.74, 6) is -2.94. The summed E-state index contributed by atoms with van der Waals surface area (Å²) in [5, 5.41) is 8.25. The Hall–Kier alpha value is -1.39. The number of carbonyl (C=O) groups excluding carboxylic acids is 2. The van der Waals surface area contributed by atoms with E-state index in [4.69, 9.17) is 5.11 Å². The minimum Gasteiger partial charge on any atom is -0.475 e. The molecule has 0 aromatic heterocycles. The number of hydrogen-bond donors (Lipinski definition) is 1. The van der Waals surface area contributed by atoms with Crippen molar-refractivity contribution in [2.75, 3.05) is 13.1 Å². The molecule has 1 amide bonds. The highest BCUT2D eigenvalue weighted by Crippen LogP contribution is 2.08. The van der Waals surface area contributed by atoms with Crippen LogP contribution in [0.1, 0.15) is 19.3 Å². The normalized spacial score (nSPS) is 15.8. The van der Waals surface area contributed by atoms with Crippen LogP contribution in [0.4, 0.5) is 0 Å². The summed E-state index contributed by atoms with van der Waals surface area (Å²) in [6.07, 6.45) is 1.37. The second kappa shape index (κ2) is 4.02. The Balaban J connectivity index is 2.40. The van der Waals surface area contributed by atoms with Crippen molar-refractivity contribution in [3.05, 3.63) is 0 Å². The lowest BCUT2D eigenvalue weighted by atomic mass is 10.2. The van der Waals surface area contributed by atoms with Crippen LogP contribution in [0.3, 0.4) is 0 Å². The lowest BCUT2D eigenvalue weighted by molar-refractivity contribution is -0.151. The topological polar surface area (TPSA) is 74.7 Å². The number of amides is 1. The average Bonchev–Trinajstić information content (AvgIpc) is 2.55. The highest BCUT2D eigenvalue weighted by Gasteiger charge is 2.23. The van der Waals surface area contributed by atoms with Gasteiger partial charge in [0, 0.05) is 13.1 Å². The maximum absolute atomic E-state index is 11.2. The van der Waals surface area contributed by atoms with Crippen molar-refractivity contribution in [3.63, 3.8) is 0 Å². The Morgan fingerprint density at radius 3 is 2.15 bits per heavy atom. The minimum absolute atomic E-state index is 0.370. The van der Waals surface area contributed by atoms with Crippen molar-refractivity contribution >= 4 is 17.7 Å². The number of hydrogen-bond acceptors (Lipinski definition) is 3. The van der Waals surface area contributed by atoms with Crippen LogP contribution in [-0.4, -0.2) is 40.8 Å². The van der Waals surface area contributed by atoms with Gasteiger partial charge < -0.3 is 10.0 Å². The highest BCUT2D eigenvalue weighted by molar-refractivity contribution is 6.36. The first-order valence-electron chi connectivity index (χ1n) is 4.15. The van der Waals surface area contributed by atoms with E-state index in [9.17, 15) is 14.4 Å². The Bertz CT molecular complexity index is 243. The van der Waals surface area contributed by atoms with Gasteiger partial charge in [0.2, 0.25) is 11.7 Å². The van der Waals surface area contributed by atoms with E-state index in [1.165, 1.54) is 4.90 Å². The molecule has 1 saturated heterocycles. The van der Waals surface area contributed by atoms with E-state index in [2.05, 4.69) is 0 Å². The molecule has 1 rings (SSSR count). The van der Waals surface area contributed by atoms with Crippen LogP contribution in [-0.2, 0) is 14.4 Å². The molecule has 0 aromatic rings. The summed E-state index contributed by atoms with van der Waals surface area (Å²) < 4.78 is 0. The molecule has 1 fully saturated rings. The molecule has 1 N–H and O–H groups in total. The number of carbonyl (C=O) groups is 3. The molecule has 0 radical (unpaired) electrons. The third-order valence-electron chi connectivity index (χ3n) is 2.01. The number of likely N-dealkylation sites (tertiary alicyclic amines) is 1. The van der Waals surface area contributed by atoms with Crippen molar-refractivity contribution in [1.82, 2.24) is 4.90 Å². The maximum atomic E-state index is 11.2. The van der Waals surface area contributed by atoms with Gasteiger partial charge in [0.25, 0.3) is 0 Å².